The fourth-order valence-electron chi connectivity index (χ4n) is 3.19. The van der Waals surface area contributed by atoms with E-state index < -0.39 is 0 Å². The predicted molar refractivity (Wildman–Crippen MR) is 123 cm³/mol. The van der Waals surface area contributed by atoms with Crippen molar-refractivity contribution in [2.75, 3.05) is 6.61 Å². The lowest BCUT2D eigenvalue weighted by Gasteiger charge is -2.14. The highest BCUT2D eigenvalue weighted by Crippen LogP contribution is 2.28. The lowest BCUT2D eigenvalue weighted by molar-refractivity contribution is 0.301. The lowest BCUT2D eigenvalue weighted by Crippen LogP contribution is -2.24. The van der Waals surface area contributed by atoms with Crippen LogP contribution in [0.4, 0.5) is 0 Å². The van der Waals surface area contributed by atoms with Crippen molar-refractivity contribution < 1.29 is 4.74 Å². The molecule has 0 bridgehead atoms. The van der Waals surface area contributed by atoms with Gasteiger partial charge in [0.2, 0.25) is 0 Å². The van der Waals surface area contributed by atoms with Crippen molar-refractivity contribution in [3.05, 3.63) is 92.2 Å². The van der Waals surface area contributed by atoms with Crippen LogP contribution in [-0.2, 0) is 6.54 Å². The number of fused-ring (bicyclic) bond motifs is 1. The Morgan fingerprint density at radius 1 is 0.900 bits per heavy atom. The SMILES string of the molecule is O=c1c2ccccc2nc(-c2ccc(Cl)cc2)n1CCCOc1cc(Cl)ccc1Cl. The highest BCUT2D eigenvalue weighted by atomic mass is 35.5. The second kappa shape index (κ2) is 9.09. The normalized spacial score (nSPS) is 11.0. The molecule has 0 N–H and O–H groups in total. The molecule has 1 heterocycles. The molecule has 0 aliphatic heterocycles. The maximum absolute atomic E-state index is 13.2. The lowest BCUT2D eigenvalue weighted by atomic mass is 10.1. The van der Waals surface area contributed by atoms with Crippen LogP contribution >= 0.6 is 34.8 Å². The van der Waals surface area contributed by atoms with Crippen molar-refractivity contribution in [3.8, 4) is 17.1 Å². The van der Waals surface area contributed by atoms with Crippen LogP contribution in [0.2, 0.25) is 15.1 Å². The van der Waals surface area contributed by atoms with Crippen LogP contribution in [0.25, 0.3) is 22.3 Å². The molecule has 0 aliphatic rings. The summed E-state index contributed by atoms with van der Waals surface area (Å²) in [6, 6.07) is 19.7. The minimum atomic E-state index is -0.0914. The summed E-state index contributed by atoms with van der Waals surface area (Å²) in [6.07, 6.45) is 0.587. The topological polar surface area (TPSA) is 44.1 Å². The molecule has 0 unspecified atom stereocenters. The molecule has 0 atom stereocenters. The van der Waals surface area contributed by atoms with Gasteiger partial charge in [-0.3, -0.25) is 9.36 Å². The quantitative estimate of drug-likeness (QED) is 0.309. The average molecular weight is 460 g/mol. The molecule has 1 aromatic heterocycles. The van der Waals surface area contributed by atoms with E-state index in [-0.39, 0.29) is 5.56 Å². The Hall–Kier alpha value is -2.53. The number of nitrogens with zero attached hydrogens (tertiary/aromatic N) is 2. The Balaban J connectivity index is 1.62. The summed E-state index contributed by atoms with van der Waals surface area (Å²) in [5.74, 6) is 1.11. The molecular formula is C23H17Cl3N2O2. The molecule has 4 aromatic rings. The van der Waals surface area contributed by atoms with Gasteiger partial charge in [-0.05, 0) is 55.0 Å². The van der Waals surface area contributed by atoms with Gasteiger partial charge in [-0.1, -0.05) is 46.9 Å². The molecule has 4 rings (SSSR count). The predicted octanol–water partition coefficient (Wildman–Crippen LogP) is 6.49. The second-order valence-corrected chi connectivity index (χ2v) is 7.97. The molecule has 30 heavy (non-hydrogen) atoms. The summed E-state index contributed by atoms with van der Waals surface area (Å²) < 4.78 is 7.43. The summed E-state index contributed by atoms with van der Waals surface area (Å²) in [7, 11) is 0. The summed E-state index contributed by atoms with van der Waals surface area (Å²) in [5.41, 5.74) is 1.39. The maximum atomic E-state index is 13.2. The number of halogens is 3. The van der Waals surface area contributed by atoms with Gasteiger partial charge in [-0.25, -0.2) is 4.98 Å². The van der Waals surface area contributed by atoms with E-state index in [0.29, 0.717) is 57.1 Å². The Morgan fingerprint density at radius 3 is 2.43 bits per heavy atom. The van der Waals surface area contributed by atoms with Gasteiger partial charge in [-0.2, -0.15) is 0 Å². The van der Waals surface area contributed by atoms with E-state index in [9.17, 15) is 4.79 Å². The zero-order valence-electron chi connectivity index (χ0n) is 15.8. The summed E-state index contributed by atoms with van der Waals surface area (Å²) in [5, 5.41) is 2.24. The van der Waals surface area contributed by atoms with Crippen LogP contribution in [0.1, 0.15) is 6.42 Å². The number of hydrogen-bond acceptors (Lipinski definition) is 3. The number of aromatic nitrogens is 2. The first-order valence-corrected chi connectivity index (χ1v) is 10.5. The molecule has 0 fully saturated rings. The highest BCUT2D eigenvalue weighted by Gasteiger charge is 2.13. The zero-order chi connectivity index (χ0) is 21.1. The van der Waals surface area contributed by atoms with Crippen LogP contribution in [0.5, 0.6) is 5.75 Å². The molecule has 0 aliphatic carbocycles. The van der Waals surface area contributed by atoms with Crippen LogP contribution in [-0.4, -0.2) is 16.2 Å². The van der Waals surface area contributed by atoms with Gasteiger partial charge in [0, 0.05) is 28.2 Å². The monoisotopic (exact) mass is 458 g/mol. The molecular weight excluding hydrogens is 443 g/mol. The standard InChI is InChI=1S/C23H17Cl3N2O2/c24-16-8-6-15(7-9-16)22-27-20-5-2-1-4-18(20)23(29)28(22)12-3-13-30-21-14-17(25)10-11-19(21)26/h1-2,4-11,14H,3,12-13H2. The van der Waals surface area contributed by atoms with Crippen LogP contribution in [0.15, 0.2) is 71.5 Å². The van der Waals surface area contributed by atoms with E-state index in [1.165, 1.54) is 0 Å². The van der Waals surface area contributed by atoms with Crippen LogP contribution < -0.4 is 10.3 Å². The summed E-state index contributed by atoms with van der Waals surface area (Å²) in [6.45, 7) is 0.812. The average Bonchev–Trinajstić information content (AvgIpc) is 2.75. The molecule has 0 saturated heterocycles. The van der Waals surface area contributed by atoms with Gasteiger partial charge >= 0.3 is 0 Å². The van der Waals surface area contributed by atoms with Crippen molar-refractivity contribution >= 4 is 45.7 Å². The van der Waals surface area contributed by atoms with Crippen molar-refractivity contribution in [2.45, 2.75) is 13.0 Å². The maximum Gasteiger partial charge on any atom is 0.261 e. The largest absolute Gasteiger partial charge is 0.492 e. The highest BCUT2D eigenvalue weighted by molar-refractivity contribution is 6.34. The van der Waals surface area contributed by atoms with Crippen molar-refractivity contribution in [2.24, 2.45) is 0 Å². The fourth-order valence-corrected chi connectivity index (χ4v) is 3.65. The summed E-state index contributed by atoms with van der Waals surface area (Å²) >= 11 is 18.2. The molecule has 3 aromatic carbocycles. The molecule has 4 nitrogen and oxygen atoms in total. The van der Waals surface area contributed by atoms with Gasteiger partial charge < -0.3 is 4.74 Å². The fraction of sp³-hybridized carbons (Fsp3) is 0.130. The van der Waals surface area contributed by atoms with Gasteiger partial charge in [0.15, 0.2) is 0 Å². The second-order valence-electron chi connectivity index (χ2n) is 6.69. The number of benzene rings is 3. The van der Waals surface area contributed by atoms with Crippen LogP contribution in [0, 0.1) is 0 Å². The van der Waals surface area contributed by atoms with Crippen molar-refractivity contribution in [1.29, 1.82) is 0 Å². The first-order valence-electron chi connectivity index (χ1n) is 9.36. The van der Waals surface area contributed by atoms with E-state index in [4.69, 9.17) is 44.5 Å². The van der Waals surface area contributed by atoms with Gasteiger partial charge in [0.25, 0.3) is 5.56 Å². The Kier molecular flexibility index (Phi) is 6.28. The van der Waals surface area contributed by atoms with Gasteiger partial charge in [-0.15, -0.1) is 0 Å². The molecule has 0 amide bonds. The van der Waals surface area contributed by atoms with Crippen LogP contribution in [0.3, 0.4) is 0 Å². The number of ether oxygens (including phenoxy) is 1. The van der Waals surface area contributed by atoms with E-state index in [0.717, 1.165) is 5.56 Å². The third kappa shape index (κ3) is 4.46. The Morgan fingerprint density at radius 2 is 1.63 bits per heavy atom. The minimum Gasteiger partial charge on any atom is -0.492 e. The van der Waals surface area contributed by atoms with Crippen molar-refractivity contribution in [3.63, 3.8) is 0 Å². The van der Waals surface area contributed by atoms with Crippen molar-refractivity contribution in [1.82, 2.24) is 9.55 Å². The van der Waals surface area contributed by atoms with E-state index in [1.807, 2.05) is 30.3 Å². The first kappa shape index (κ1) is 20.7. The van der Waals surface area contributed by atoms with Gasteiger partial charge in [0.05, 0.1) is 22.5 Å². The summed E-state index contributed by atoms with van der Waals surface area (Å²) in [4.78, 5) is 17.9. The minimum absolute atomic E-state index is 0.0914. The molecule has 0 saturated carbocycles. The number of rotatable bonds is 6. The Labute approximate surface area is 188 Å². The van der Waals surface area contributed by atoms with E-state index in [2.05, 4.69) is 0 Å². The van der Waals surface area contributed by atoms with E-state index >= 15 is 0 Å². The van der Waals surface area contributed by atoms with Gasteiger partial charge in [0.1, 0.15) is 11.6 Å². The third-order valence-corrected chi connectivity index (χ3v) is 5.44. The Bertz CT molecular complexity index is 1250. The molecule has 0 radical (unpaired) electrons. The molecule has 152 valence electrons. The third-order valence-electron chi connectivity index (χ3n) is 4.64. The van der Waals surface area contributed by atoms with E-state index in [1.54, 1.807) is 41.0 Å². The molecule has 0 spiro atoms. The molecule has 7 heteroatoms. The zero-order valence-corrected chi connectivity index (χ0v) is 18.1. The first-order chi connectivity index (χ1) is 14.5. The number of hydrogen-bond donors (Lipinski definition) is 0. The smallest absolute Gasteiger partial charge is 0.261 e. The number of para-hydroxylation sites is 1.